The number of hydrogen-bond donors (Lipinski definition) is 2. The van der Waals surface area contributed by atoms with E-state index < -0.39 is 10.0 Å². The summed E-state index contributed by atoms with van der Waals surface area (Å²) in [6, 6.07) is 11.3. The third-order valence-electron chi connectivity index (χ3n) is 2.95. The van der Waals surface area contributed by atoms with Crippen molar-refractivity contribution in [2.75, 3.05) is 30.0 Å². The first-order chi connectivity index (χ1) is 11.8. The maximum absolute atomic E-state index is 12.0. The molecule has 0 bridgehead atoms. The van der Waals surface area contributed by atoms with Crippen molar-refractivity contribution < 1.29 is 22.7 Å². The van der Waals surface area contributed by atoms with Crippen LogP contribution in [0.4, 0.5) is 11.4 Å². The topological polar surface area (TPSA) is 93.7 Å². The zero-order valence-corrected chi connectivity index (χ0v) is 15.1. The average molecular weight is 385 g/mol. The van der Waals surface area contributed by atoms with Gasteiger partial charge in [-0.15, -0.1) is 0 Å². The lowest BCUT2D eigenvalue weighted by molar-refractivity contribution is -0.118. The van der Waals surface area contributed by atoms with Crippen LogP contribution in [0.25, 0.3) is 0 Å². The van der Waals surface area contributed by atoms with E-state index in [0.717, 1.165) is 6.26 Å². The summed E-state index contributed by atoms with van der Waals surface area (Å²) in [7, 11) is -2.04. The van der Waals surface area contributed by atoms with Crippen molar-refractivity contribution in [2.45, 2.75) is 0 Å². The summed E-state index contributed by atoms with van der Waals surface area (Å²) < 4.78 is 35.4. The first-order valence-corrected chi connectivity index (χ1v) is 9.38. The van der Waals surface area contributed by atoms with Gasteiger partial charge >= 0.3 is 0 Å². The van der Waals surface area contributed by atoms with Gasteiger partial charge in [-0.05, 0) is 30.3 Å². The molecule has 1 amide bonds. The van der Waals surface area contributed by atoms with Crippen LogP contribution in [0.2, 0.25) is 5.02 Å². The van der Waals surface area contributed by atoms with E-state index in [-0.39, 0.29) is 24.0 Å². The largest absolute Gasteiger partial charge is 0.494 e. The molecule has 0 aliphatic rings. The normalized spacial score (nSPS) is 10.8. The molecule has 0 unspecified atom stereocenters. The molecule has 9 heteroatoms. The molecule has 0 heterocycles. The van der Waals surface area contributed by atoms with Crippen molar-refractivity contribution in [3.05, 3.63) is 47.5 Å². The monoisotopic (exact) mass is 384 g/mol. The molecule has 25 heavy (non-hydrogen) atoms. The maximum atomic E-state index is 12.0. The van der Waals surface area contributed by atoms with Crippen LogP contribution in [0.15, 0.2) is 42.5 Å². The van der Waals surface area contributed by atoms with E-state index in [1.807, 2.05) is 0 Å². The zero-order chi connectivity index (χ0) is 18.4. The molecular formula is C16H17ClN2O5S. The summed E-state index contributed by atoms with van der Waals surface area (Å²) in [5, 5.41) is 3.15. The maximum Gasteiger partial charge on any atom is 0.262 e. The number of hydrogen-bond acceptors (Lipinski definition) is 5. The average Bonchev–Trinajstić information content (AvgIpc) is 2.53. The SMILES string of the molecule is COc1cc(NC(=O)COc2cccc(Cl)c2)ccc1NS(C)(=O)=O. The molecule has 2 aromatic carbocycles. The molecule has 0 aliphatic carbocycles. The lowest BCUT2D eigenvalue weighted by Gasteiger charge is -2.12. The highest BCUT2D eigenvalue weighted by Crippen LogP contribution is 2.28. The number of rotatable bonds is 7. The van der Waals surface area contributed by atoms with Gasteiger partial charge in [0.05, 0.1) is 19.1 Å². The number of carbonyl (C=O) groups is 1. The summed E-state index contributed by atoms with van der Waals surface area (Å²) in [5.74, 6) is 0.373. The van der Waals surface area contributed by atoms with Crippen molar-refractivity contribution in [1.29, 1.82) is 0 Å². The Morgan fingerprint density at radius 1 is 1.20 bits per heavy atom. The van der Waals surface area contributed by atoms with E-state index in [2.05, 4.69) is 10.0 Å². The number of benzene rings is 2. The summed E-state index contributed by atoms with van der Waals surface area (Å²) in [5.41, 5.74) is 0.716. The molecule has 2 aromatic rings. The van der Waals surface area contributed by atoms with Crippen molar-refractivity contribution in [3.8, 4) is 11.5 Å². The Kier molecular flexibility index (Phi) is 6.11. The standard InChI is InChI=1S/C16H17ClN2O5S/c1-23-15-9-12(6-7-14(15)19-25(2,21)22)18-16(20)10-24-13-5-3-4-11(17)8-13/h3-9,19H,10H2,1-2H3,(H,18,20). The summed E-state index contributed by atoms with van der Waals surface area (Å²) in [6.07, 6.45) is 1.04. The molecule has 2 rings (SSSR count). The highest BCUT2D eigenvalue weighted by molar-refractivity contribution is 7.92. The van der Waals surface area contributed by atoms with Crippen LogP contribution in [0.5, 0.6) is 11.5 Å². The number of methoxy groups -OCH3 is 1. The highest BCUT2D eigenvalue weighted by Gasteiger charge is 2.11. The Labute approximate surface area is 151 Å². The minimum atomic E-state index is -3.44. The fraction of sp³-hybridized carbons (Fsp3) is 0.188. The van der Waals surface area contributed by atoms with Gasteiger partial charge in [0, 0.05) is 16.8 Å². The van der Waals surface area contributed by atoms with E-state index in [1.54, 1.807) is 30.3 Å². The number of halogens is 1. The number of carbonyl (C=O) groups excluding carboxylic acids is 1. The number of sulfonamides is 1. The van der Waals surface area contributed by atoms with E-state index in [1.165, 1.54) is 19.2 Å². The quantitative estimate of drug-likeness (QED) is 0.765. The zero-order valence-electron chi connectivity index (χ0n) is 13.6. The van der Waals surface area contributed by atoms with E-state index >= 15 is 0 Å². The van der Waals surface area contributed by atoms with Gasteiger partial charge in [0.2, 0.25) is 10.0 Å². The summed E-state index contributed by atoms with van der Waals surface area (Å²) >= 11 is 5.84. The minimum absolute atomic E-state index is 0.202. The molecule has 0 saturated heterocycles. The smallest absolute Gasteiger partial charge is 0.262 e. The third-order valence-corrected chi connectivity index (χ3v) is 3.77. The molecule has 0 fully saturated rings. The van der Waals surface area contributed by atoms with Crippen LogP contribution in [-0.4, -0.2) is 34.3 Å². The van der Waals surface area contributed by atoms with E-state index in [4.69, 9.17) is 21.1 Å². The van der Waals surface area contributed by atoms with Gasteiger partial charge in [-0.1, -0.05) is 17.7 Å². The first kappa shape index (κ1) is 18.9. The Morgan fingerprint density at radius 2 is 1.96 bits per heavy atom. The summed E-state index contributed by atoms with van der Waals surface area (Å²) in [6.45, 7) is -0.202. The fourth-order valence-corrected chi connectivity index (χ4v) is 2.70. The Balaban J connectivity index is 2.00. The van der Waals surface area contributed by atoms with E-state index in [9.17, 15) is 13.2 Å². The van der Waals surface area contributed by atoms with Gasteiger partial charge in [0.1, 0.15) is 11.5 Å². The second kappa shape index (κ2) is 8.09. The van der Waals surface area contributed by atoms with Gasteiger partial charge in [-0.3, -0.25) is 9.52 Å². The Hall–Kier alpha value is -2.45. The second-order valence-corrected chi connectivity index (χ2v) is 7.27. The predicted molar refractivity (Wildman–Crippen MR) is 97.0 cm³/mol. The third kappa shape index (κ3) is 6.17. The van der Waals surface area contributed by atoms with Crippen LogP contribution >= 0.6 is 11.6 Å². The van der Waals surface area contributed by atoms with Gasteiger partial charge in [0.25, 0.3) is 5.91 Å². The van der Waals surface area contributed by atoms with Gasteiger partial charge in [-0.2, -0.15) is 0 Å². The minimum Gasteiger partial charge on any atom is -0.494 e. The van der Waals surface area contributed by atoms with Gasteiger partial charge < -0.3 is 14.8 Å². The van der Waals surface area contributed by atoms with Crippen LogP contribution in [0, 0.1) is 0 Å². The second-order valence-electron chi connectivity index (χ2n) is 5.08. The van der Waals surface area contributed by atoms with Crippen molar-refractivity contribution >= 4 is 38.9 Å². The van der Waals surface area contributed by atoms with Crippen molar-refractivity contribution in [3.63, 3.8) is 0 Å². The lowest BCUT2D eigenvalue weighted by Crippen LogP contribution is -2.20. The lowest BCUT2D eigenvalue weighted by atomic mass is 10.2. The van der Waals surface area contributed by atoms with Crippen LogP contribution in [0.3, 0.4) is 0 Å². The van der Waals surface area contributed by atoms with Crippen LogP contribution < -0.4 is 19.5 Å². The fourth-order valence-electron chi connectivity index (χ4n) is 1.96. The van der Waals surface area contributed by atoms with Gasteiger partial charge in [-0.25, -0.2) is 8.42 Å². The first-order valence-electron chi connectivity index (χ1n) is 7.11. The Morgan fingerprint density at radius 3 is 2.60 bits per heavy atom. The predicted octanol–water partition coefficient (Wildman–Crippen LogP) is 2.74. The molecule has 0 aromatic heterocycles. The van der Waals surface area contributed by atoms with Gasteiger partial charge in [0.15, 0.2) is 6.61 Å². The molecular weight excluding hydrogens is 368 g/mol. The van der Waals surface area contributed by atoms with Crippen molar-refractivity contribution in [1.82, 2.24) is 0 Å². The highest BCUT2D eigenvalue weighted by atomic mass is 35.5. The van der Waals surface area contributed by atoms with E-state index in [0.29, 0.717) is 16.5 Å². The van der Waals surface area contributed by atoms with Crippen molar-refractivity contribution in [2.24, 2.45) is 0 Å². The molecule has 0 spiro atoms. The molecule has 2 N–H and O–H groups in total. The molecule has 0 aliphatic heterocycles. The number of anilines is 2. The van der Waals surface area contributed by atoms with Crippen LogP contribution in [-0.2, 0) is 14.8 Å². The van der Waals surface area contributed by atoms with Crippen LogP contribution in [0.1, 0.15) is 0 Å². The molecule has 0 atom stereocenters. The Bertz CT molecular complexity index is 871. The molecule has 7 nitrogen and oxygen atoms in total. The molecule has 134 valence electrons. The number of ether oxygens (including phenoxy) is 2. The summed E-state index contributed by atoms with van der Waals surface area (Å²) in [4.78, 5) is 12.0. The molecule has 0 saturated carbocycles. The number of amides is 1. The number of nitrogens with one attached hydrogen (secondary N) is 2. The molecule has 0 radical (unpaired) electrons.